The third kappa shape index (κ3) is 5.86. The molecule has 1 atom stereocenters. The molecule has 0 radical (unpaired) electrons. The van der Waals surface area contributed by atoms with Gasteiger partial charge >= 0.3 is 0 Å². The lowest BCUT2D eigenvalue weighted by molar-refractivity contribution is -0.115. The van der Waals surface area contributed by atoms with Gasteiger partial charge in [0.05, 0.1) is 5.25 Å². The van der Waals surface area contributed by atoms with Gasteiger partial charge in [0.2, 0.25) is 5.91 Å². The number of anilines is 1. The average Bonchev–Trinajstić information content (AvgIpc) is 3.11. The summed E-state index contributed by atoms with van der Waals surface area (Å²) in [6.45, 7) is 7.89. The van der Waals surface area contributed by atoms with Gasteiger partial charge in [-0.15, -0.1) is 16.8 Å². The van der Waals surface area contributed by atoms with Crippen LogP contribution in [0.15, 0.2) is 60.3 Å². The predicted molar refractivity (Wildman–Crippen MR) is 121 cm³/mol. The van der Waals surface area contributed by atoms with E-state index < -0.39 is 11.1 Å². The molecule has 1 aromatic heterocycles. The van der Waals surface area contributed by atoms with E-state index in [9.17, 15) is 9.18 Å². The standard InChI is InChI=1S/C22H22ClFN4O2S/c1-4-11-28-20(13-30-19-8-6-5-7-17(19)24)26-27-22(28)31-15(3)21(29)25-18-12-16(23)10-9-14(18)2/h4-10,12,15H,1,11,13H2,2-3H3,(H,25,29). The van der Waals surface area contributed by atoms with Crippen LogP contribution in [0.1, 0.15) is 18.3 Å². The maximum absolute atomic E-state index is 13.8. The second-order valence-electron chi connectivity index (χ2n) is 6.73. The third-order valence-electron chi connectivity index (χ3n) is 4.41. The predicted octanol–water partition coefficient (Wildman–Crippen LogP) is 5.26. The van der Waals surface area contributed by atoms with Crippen LogP contribution < -0.4 is 10.1 Å². The first-order valence-corrected chi connectivity index (χ1v) is 10.8. The number of nitrogens with one attached hydrogen (secondary N) is 1. The summed E-state index contributed by atoms with van der Waals surface area (Å²) in [5.74, 6) is -0.000367. The summed E-state index contributed by atoms with van der Waals surface area (Å²) in [5, 5.41) is 11.9. The zero-order valence-corrected chi connectivity index (χ0v) is 18.7. The number of nitrogens with zero attached hydrogens (tertiary/aromatic N) is 3. The third-order valence-corrected chi connectivity index (χ3v) is 5.72. The van der Waals surface area contributed by atoms with Crippen molar-refractivity contribution in [2.45, 2.75) is 37.4 Å². The van der Waals surface area contributed by atoms with E-state index in [0.29, 0.717) is 28.2 Å². The van der Waals surface area contributed by atoms with Crippen molar-refractivity contribution in [2.75, 3.05) is 5.32 Å². The van der Waals surface area contributed by atoms with Crippen molar-refractivity contribution in [1.29, 1.82) is 0 Å². The van der Waals surface area contributed by atoms with Gasteiger partial charge in [-0.2, -0.15) is 0 Å². The van der Waals surface area contributed by atoms with Crippen LogP contribution in [0.25, 0.3) is 0 Å². The number of rotatable bonds is 9. The quantitative estimate of drug-likeness (QED) is 0.348. The van der Waals surface area contributed by atoms with E-state index in [-0.39, 0.29) is 18.3 Å². The summed E-state index contributed by atoms with van der Waals surface area (Å²) in [6, 6.07) is 11.5. The largest absolute Gasteiger partial charge is 0.483 e. The van der Waals surface area contributed by atoms with Crippen molar-refractivity contribution < 1.29 is 13.9 Å². The molecule has 1 N–H and O–H groups in total. The first-order valence-electron chi connectivity index (χ1n) is 9.53. The maximum Gasteiger partial charge on any atom is 0.237 e. The molecule has 9 heteroatoms. The van der Waals surface area contributed by atoms with Gasteiger partial charge in [0.15, 0.2) is 22.5 Å². The molecule has 1 unspecified atom stereocenters. The Kier molecular flexibility index (Phi) is 7.70. The zero-order chi connectivity index (χ0) is 22.4. The lowest BCUT2D eigenvalue weighted by Gasteiger charge is -2.14. The number of amides is 1. The summed E-state index contributed by atoms with van der Waals surface area (Å²) in [7, 11) is 0. The van der Waals surface area contributed by atoms with Gasteiger partial charge in [0.1, 0.15) is 6.61 Å². The minimum Gasteiger partial charge on any atom is -0.483 e. The molecule has 0 saturated heterocycles. The molecule has 2 aromatic carbocycles. The lowest BCUT2D eigenvalue weighted by Crippen LogP contribution is -2.23. The van der Waals surface area contributed by atoms with Crippen molar-refractivity contribution in [1.82, 2.24) is 14.8 Å². The Morgan fingerprint density at radius 1 is 1.35 bits per heavy atom. The highest BCUT2D eigenvalue weighted by Gasteiger charge is 2.21. The lowest BCUT2D eigenvalue weighted by atomic mass is 10.2. The van der Waals surface area contributed by atoms with E-state index in [1.165, 1.54) is 17.8 Å². The summed E-state index contributed by atoms with van der Waals surface area (Å²) < 4.78 is 21.1. The topological polar surface area (TPSA) is 69.0 Å². The van der Waals surface area contributed by atoms with Gasteiger partial charge in [0.25, 0.3) is 0 Å². The molecule has 0 bridgehead atoms. The molecule has 1 amide bonds. The SMILES string of the molecule is C=CCn1c(COc2ccccc2F)nnc1SC(C)C(=O)Nc1cc(Cl)ccc1C. The average molecular weight is 461 g/mol. The highest BCUT2D eigenvalue weighted by molar-refractivity contribution is 8.00. The molecule has 3 aromatic rings. The zero-order valence-electron chi connectivity index (χ0n) is 17.1. The van der Waals surface area contributed by atoms with Crippen LogP contribution in [-0.4, -0.2) is 25.9 Å². The molecule has 0 fully saturated rings. The summed E-state index contributed by atoms with van der Waals surface area (Å²) in [5.41, 5.74) is 1.58. The highest BCUT2D eigenvalue weighted by Crippen LogP contribution is 2.26. The number of thioether (sulfide) groups is 1. The van der Waals surface area contributed by atoms with Gasteiger partial charge < -0.3 is 10.1 Å². The van der Waals surface area contributed by atoms with Gasteiger partial charge in [-0.1, -0.05) is 47.6 Å². The van der Waals surface area contributed by atoms with Crippen molar-refractivity contribution in [2.24, 2.45) is 0 Å². The Balaban J connectivity index is 1.70. The number of halogens is 2. The smallest absolute Gasteiger partial charge is 0.237 e. The van der Waals surface area contributed by atoms with Crippen LogP contribution in [0.3, 0.4) is 0 Å². The number of allylic oxidation sites excluding steroid dienone is 1. The van der Waals surface area contributed by atoms with E-state index in [1.807, 2.05) is 13.0 Å². The number of aryl methyl sites for hydroxylation is 1. The van der Waals surface area contributed by atoms with E-state index in [0.717, 1.165) is 5.56 Å². The molecule has 0 saturated carbocycles. The Morgan fingerprint density at radius 3 is 2.87 bits per heavy atom. The number of benzene rings is 2. The molecule has 0 spiro atoms. The second kappa shape index (κ2) is 10.5. The Morgan fingerprint density at radius 2 is 2.13 bits per heavy atom. The monoisotopic (exact) mass is 460 g/mol. The minimum atomic E-state index is -0.452. The normalized spacial score (nSPS) is 11.7. The van der Waals surface area contributed by atoms with Crippen molar-refractivity contribution >= 4 is 35.0 Å². The molecular weight excluding hydrogens is 439 g/mol. The van der Waals surface area contributed by atoms with Gasteiger partial charge in [-0.05, 0) is 43.7 Å². The molecule has 0 aliphatic carbocycles. The van der Waals surface area contributed by atoms with E-state index >= 15 is 0 Å². The minimum absolute atomic E-state index is 0.0324. The number of ether oxygens (including phenoxy) is 1. The molecule has 1 heterocycles. The van der Waals surface area contributed by atoms with Crippen LogP contribution in [0.5, 0.6) is 5.75 Å². The number of carbonyl (C=O) groups excluding carboxylic acids is 1. The molecule has 162 valence electrons. The van der Waals surface area contributed by atoms with Gasteiger partial charge in [-0.25, -0.2) is 4.39 Å². The Hall–Kier alpha value is -2.84. The molecular formula is C22H22ClFN4O2S. The fourth-order valence-corrected chi connectivity index (χ4v) is 3.75. The van der Waals surface area contributed by atoms with Crippen LogP contribution in [0.4, 0.5) is 10.1 Å². The van der Waals surface area contributed by atoms with Crippen LogP contribution in [0, 0.1) is 12.7 Å². The molecule has 0 aliphatic rings. The van der Waals surface area contributed by atoms with Crippen LogP contribution in [0.2, 0.25) is 5.02 Å². The van der Waals surface area contributed by atoms with Crippen molar-refractivity contribution in [3.63, 3.8) is 0 Å². The first kappa shape index (κ1) is 22.8. The first-order chi connectivity index (χ1) is 14.9. The molecule has 6 nitrogen and oxygen atoms in total. The van der Waals surface area contributed by atoms with Crippen LogP contribution in [-0.2, 0) is 17.9 Å². The molecule has 0 aliphatic heterocycles. The van der Waals surface area contributed by atoms with E-state index in [2.05, 4.69) is 22.1 Å². The Bertz CT molecular complexity index is 1090. The van der Waals surface area contributed by atoms with Crippen molar-refractivity contribution in [3.8, 4) is 5.75 Å². The number of hydrogen-bond donors (Lipinski definition) is 1. The second-order valence-corrected chi connectivity index (χ2v) is 8.47. The number of aromatic nitrogens is 3. The summed E-state index contributed by atoms with van der Waals surface area (Å²) in [6.07, 6.45) is 1.69. The van der Waals surface area contributed by atoms with E-state index in [1.54, 1.807) is 47.9 Å². The Labute approximate surface area is 189 Å². The number of para-hydroxylation sites is 1. The van der Waals surface area contributed by atoms with Crippen molar-refractivity contribution in [3.05, 3.63) is 77.3 Å². The van der Waals surface area contributed by atoms with Gasteiger partial charge in [-0.3, -0.25) is 9.36 Å². The fourth-order valence-electron chi connectivity index (χ4n) is 2.70. The fraction of sp³-hybridized carbons (Fsp3) is 0.227. The van der Waals surface area contributed by atoms with Crippen LogP contribution >= 0.6 is 23.4 Å². The summed E-state index contributed by atoms with van der Waals surface area (Å²) in [4.78, 5) is 12.7. The molecule has 31 heavy (non-hydrogen) atoms. The number of carbonyl (C=O) groups is 1. The maximum atomic E-state index is 13.8. The van der Waals surface area contributed by atoms with E-state index in [4.69, 9.17) is 16.3 Å². The number of hydrogen-bond acceptors (Lipinski definition) is 5. The molecule has 3 rings (SSSR count). The highest BCUT2D eigenvalue weighted by atomic mass is 35.5. The summed E-state index contributed by atoms with van der Waals surface area (Å²) >= 11 is 7.29. The van der Waals surface area contributed by atoms with Gasteiger partial charge in [0, 0.05) is 17.3 Å².